The monoisotopic (exact) mass is 415 g/mol. The third-order valence-electron chi connectivity index (χ3n) is 4.54. The normalized spacial score (nSPS) is 15.5. The molecule has 0 saturated heterocycles. The summed E-state index contributed by atoms with van der Waals surface area (Å²) in [5, 5.41) is 9.41. The van der Waals surface area contributed by atoms with E-state index in [9.17, 15) is 14.4 Å². The van der Waals surface area contributed by atoms with Gasteiger partial charge in [-0.2, -0.15) is 0 Å². The van der Waals surface area contributed by atoms with Gasteiger partial charge in [0.25, 0.3) is 5.91 Å². The van der Waals surface area contributed by atoms with Gasteiger partial charge in [0.1, 0.15) is 5.75 Å². The van der Waals surface area contributed by atoms with Crippen molar-refractivity contribution in [2.24, 2.45) is 0 Å². The Balaban J connectivity index is 1.88. The number of hydrogen-bond acceptors (Lipinski definition) is 7. The molecule has 142 valence electrons. The molecule has 1 aliphatic heterocycles. The number of halogens is 1. The van der Waals surface area contributed by atoms with Crippen LogP contribution in [0.2, 0.25) is 0 Å². The summed E-state index contributed by atoms with van der Waals surface area (Å²) in [6.45, 7) is 1.69. The summed E-state index contributed by atoms with van der Waals surface area (Å²) in [7, 11) is 0. The van der Waals surface area contributed by atoms with Crippen molar-refractivity contribution in [1.82, 2.24) is 10.2 Å². The lowest BCUT2D eigenvalue weighted by Gasteiger charge is -2.17. The Morgan fingerprint density at radius 2 is 2.07 bits per heavy atom. The molecule has 9 heteroatoms. The number of aromatic nitrogens is 2. The van der Waals surface area contributed by atoms with E-state index in [1.54, 1.807) is 11.0 Å². The minimum Gasteiger partial charge on any atom is -0.426 e. The molecule has 2 aromatic carbocycles. The minimum absolute atomic E-state index is 0.0876. The van der Waals surface area contributed by atoms with Gasteiger partial charge in [-0.3, -0.25) is 14.4 Å². The van der Waals surface area contributed by atoms with Crippen molar-refractivity contribution in [1.29, 1.82) is 0 Å². The number of amides is 1. The second-order valence-electron chi connectivity index (χ2n) is 6.28. The molecule has 3 aromatic rings. The second kappa shape index (κ2) is 7.29. The summed E-state index contributed by atoms with van der Waals surface area (Å²) in [4.78, 5) is 37.0. The van der Waals surface area contributed by atoms with Crippen molar-refractivity contribution in [3.8, 4) is 5.75 Å². The number of ether oxygens (including phenoxy) is 1. The molecule has 2 heterocycles. The maximum absolute atomic E-state index is 13.0. The van der Waals surface area contributed by atoms with Crippen molar-refractivity contribution in [2.45, 2.75) is 12.8 Å². The fourth-order valence-electron chi connectivity index (χ4n) is 3.45. The Morgan fingerprint density at radius 3 is 2.71 bits per heavy atom. The average molecular weight is 416 g/mol. The van der Waals surface area contributed by atoms with Crippen LogP contribution in [0.15, 0.2) is 30.3 Å². The molecule has 1 amide bonds. The van der Waals surface area contributed by atoms with Crippen LogP contribution < -0.4 is 9.64 Å². The van der Waals surface area contributed by atoms with Crippen molar-refractivity contribution in [3.05, 3.63) is 45.9 Å². The van der Waals surface area contributed by atoms with Crippen molar-refractivity contribution in [2.75, 3.05) is 17.3 Å². The summed E-state index contributed by atoms with van der Waals surface area (Å²) >= 11 is 7.14. The van der Waals surface area contributed by atoms with Gasteiger partial charge in [-0.1, -0.05) is 35.6 Å². The van der Waals surface area contributed by atoms with Crippen LogP contribution in [0, 0.1) is 0 Å². The number of anilines is 1. The minimum atomic E-state index is -0.449. The highest BCUT2D eigenvalue weighted by Crippen LogP contribution is 2.46. The summed E-state index contributed by atoms with van der Waals surface area (Å²) in [5.41, 5.74) is 1.54. The van der Waals surface area contributed by atoms with E-state index in [1.807, 2.05) is 24.3 Å². The van der Waals surface area contributed by atoms with E-state index in [1.165, 1.54) is 6.92 Å². The van der Waals surface area contributed by atoms with Crippen LogP contribution in [0.1, 0.15) is 38.0 Å². The van der Waals surface area contributed by atoms with Crippen LogP contribution in [0.3, 0.4) is 0 Å². The molecule has 1 aromatic heterocycles. The summed E-state index contributed by atoms with van der Waals surface area (Å²) in [6, 6.07) is 9.22. The Kier molecular flexibility index (Phi) is 4.82. The van der Waals surface area contributed by atoms with Gasteiger partial charge >= 0.3 is 5.97 Å². The van der Waals surface area contributed by atoms with Gasteiger partial charge in [-0.15, -0.1) is 21.8 Å². The Morgan fingerprint density at radius 1 is 1.32 bits per heavy atom. The van der Waals surface area contributed by atoms with Gasteiger partial charge in [0.05, 0.1) is 5.69 Å². The fraction of sp³-hybridized carbons (Fsp3) is 0.211. The zero-order chi connectivity index (χ0) is 19.8. The maximum atomic E-state index is 13.0. The number of esters is 1. The van der Waals surface area contributed by atoms with Gasteiger partial charge in [-0.25, -0.2) is 0 Å². The Labute approximate surface area is 168 Å². The quantitative estimate of drug-likeness (QED) is 0.281. The second-order valence-corrected chi connectivity index (χ2v) is 7.59. The van der Waals surface area contributed by atoms with Crippen LogP contribution in [-0.2, 0) is 4.79 Å². The number of carbonyl (C=O) groups excluding carboxylic acids is 3. The first-order valence-electron chi connectivity index (χ1n) is 8.44. The van der Waals surface area contributed by atoms with Crippen LogP contribution in [0.25, 0.3) is 10.8 Å². The molecule has 1 atom stereocenters. The smallest absolute Gasteiger partial charge is 0.308 e. The number of carbonyl (C=O) groups is 3. The number of aldehydes is 1. The molecule has 7 nitrogen and oxygen atoms in total. The predicted molar refractivity (Wildman–Crippen MR) is 106 cm³/mol. The van der Waals surface area contributed by atoms with E-state index >= 15 is 0 Å². The number of fused-ring (bicyclic) bond motifs is 3. The van der Waals surface area contributed by atoms with Gasteiger partial charge < -0.3 is 9.64 Å². The number of rotatable bonds is 4. The highest BCUT2D eigenvalue weighted by atomic mass is 35.5. The first kappa shape index (κ1) is 18.5. The van der Waals surface area contributed by atoms with E-state index in [2.05, 4.69) is 10.2 Å². The van der Waals surface area contributed by atoms with Crippen molar-refractivity contribution >= 4 is 57.6 Å². The van der Waals surface area contributed by atoms with Crippen LogP contribution in [0.5, 0.6) is 5.75 Å². The Hall–Kier alpha value is -2.84. The fourth-order valence-corrected chi connectivity index (χ4v) is 4.31. The van der Waals surface area contributed by atoms with Crippen LogP contribution in [0.4, 0.5) is 5.69 Å². The highest BCUT2D eigenvalue weighted by Gasteiger charge is 2.36. The van der Waals surface area contributed by atoms with E-state index in [4.69, 9.17) is 16.3 Å². The molecule has 0 saturated carbocycles. The zero-order valence-electron chi connectivity index (χ0n) is 14.7. The molecular weight excluding hydrogens is 402 g/mol. The molecular formula is C19H14ClN3O4S. The lowest BCUT2D eigenvalue weighted by atomic mass is 9.95. The zero-order valence-corrected chi connectivity index (χ0v) is 16.3. The lowest BCUT2D eigenvalue weighted by molar-refractivity contribution is -0.131. The molecule has 0 aliphatic carbocycles. The third kappa shape index (κ3) is 3.04. The van der Waals surface area contributed by atoms with Crippen molar-refractivity contribution < 1.29 is 19.1 Å². The standard InChI is InChI=1S/C19H14ClN3O4S/c1-10(25)27-15-6-14-17(13-5-3-2-4-12(13)15)11(7-20)8-23(14)19(26)18-22-21-16(9-24)28-18/h2-6,9,11H,7-8H2,1H3. The summed E-state index contributed by atoms with van der Waals surface area (Å²) in [6.07, 6.45) is 0.556. The van der Waals surface area contributed by atoms with E-state index < -0.39 is 5.97 Å². The van der Waals surface area contributed by atoms with E-state index in [0.29, 0.717) is 30.1 Å². The van der Waals surface area contributed by atoms with Gasteiger partial charge in [0.15, 0.2) is 11.3 Å². The highest BCUT2D eigenvalue weighted by molar-refractivity contribution is 7.14. The number of benzene rings is 2. The van der Waals surface area contributed by atoms with Crippen molar-refractivity contribution in [3.63, 3.8) is 0 Å². The largest absolute Gasteiger partial charge is 0.426 e. The maximum Gasteiger partial charge on any atom is 0.308 e. The molecule has 1 aliphatic rings. The molecule has 28 heavy (non-hydrogen) atoms. The first-order valence-corrected chi connectivity index (χ1v) is 9.79. The molecule has 4 rings (SSSR count). The summed E-state index contributed by atoms with van der Waals surface area (Å²) < 4.78 is 5.40. The van der Waals surface area contributed by atoms with Gasteiger partial charge in [0.2, 0.25) is 5.01 Å². The van der Waals surface area contributed by atoms with E-state index in [0.717, 1.165) is 27.7 Å². The first-order chi connectivity index (χ1) is 13.5. The number of alkyl halides is 1. The molecule has 0 fully saturated rings. The third-order valence-corrected chi connectivity index (χ3v) is 5.75. The number of nitrogens with zero attached hydrogens (tertiary/aromatic N) is 3. The Bertz CT molecular complexity index is 1110. The molecule has 0 radical (unpaired) electrons. The predicted octanol–water partition coefficient (Wildman–Crippen LogP) is 3.41. The number of hydrogen-bond donors (Lipinski definition) is 0. The SMILES string of the molecule is CC(=O)Oc1cc2c(c3ccccc13)C(CCl)CN2C(=O)c1nnc(C=O)s1. The van der Waals surface area contributed by atoms with Gasteiger partial charge in [-0.05, 0) is 10.9 Å². The van der Waals surface area contributed by atoms with Gasteiger partial charge in [0, 0.05) is 36.7 Å². The molecule has 1 unspecified atom stereocenters. The lowest BCUT2D eigenvalue weighted by Crippen LogP contribution is -2.30. The van der Waals surface area contributed by atoms with Crippen LogP contribution >= 0.6 is 22.9 Å². The molecule has 0 bridgehead atoms. The molecule has 0 N–H and O–H groups in total. The van der Waals surface area contributed by atoms with E-state index in [-0.39, 0.29) is 21.8 Å². The topological polar surface area (TPSA) is 89.5 Å². The molecule has 0 spiro atoms. The van der Waals surface area contributed by atoms with Crippen LogP contribution in [-0.4, -0.2) is 40.8 Å². The summed E-state index contributed by atoms with van der Waals surface area (Å²) in [5.74, 6) is -0.210. The average Bonchev–Trinajstić information content (AvgIpc) is 3.32.